The second-order valence-electron chi connectivity index (χ2n) is 3.28. The van der Waals surface area contributed by atoms with Crippen LogP contribution < -0.4 is 0 Å². The Bertz CT molecular complexity index is 45.3. The van der Waals surface area contributed by atoms with Crippen molar-refractivity contribution in [2.24, 2.45) is 0 Å². The Hall–Kier alpha value is 0.424. The molecule has 0 saturated carbocycles. The van der Waals surface area contributed by atoms with Crippen molar-refractivity contribution in [1.29, 1.82) is 0 Å². The van der Waals surface area contributed by atoms with E-state index in [-0.39, 0.29) is 42.3 Å². The van der Waals surface area contributed by atoms with Crippen molar-refractivity contribution in [1.82, 2.24) is 0 Å². The fourth-order valence-corrected chi connectivity index (χ4v) is 0. The van der Waals surface area contributed by atoms with Gasteiger partial charge in [-0.05, 0) is 41.5 Å². The molecule has 0 rings (SSSR count). The van der Waals surface area contributed by atoms with E-state index < -0.39 is 0 Å². The molecule has 5 heteroatoms. The molecule has 4 nitrogen and oxygen atoms in total. The van der Waals surface area contributed by atoms with Crippen LogP contribution >= 0.6 is 0 Å². The number of aliphatic hydroxyl groups is 3. The SMILES string of the molecule is CC(C)O.CC(C)O.CC(C)O.[OH-].[V]. The van der Waals surface area contributed by atoms with Crippen LogP contribution in [0.5, 0.6) is 0 Å². The van der Waals surface area contributed by atoms with Crippen LogP contribution in [0.1, 0.15) is 41.5 Å². The Labute approximate surface area is 99.5 Å². The number of aliphatic hydroxyl groups excluding tert-OH is 3. The van der Waals surface area contributed by atoms with E-state index in [1.807, 2.05) is 0 Å². The zero-order chi connectivity index (χ0) is 10.7. The predicted octanol–water partition coefficient (Wildman–Crippen LogP) is 0.982. The molecule has 0 aromatic heterocycles. The van der Waals surface area contributed by atoms with Crippen molar-refractivity contribution in [3.63, 3.8) is 0 Å². The van der Waals surface area contributed by atoms with Crippen molar-refractivity contribution in [2.45, 2.75) is 59.9 Å². The Morgan fingerprint density at radius 1 is 0.571 bits per heavy atom. The first-order chi connectivity index (χ1) is 5.20. The first-order valence-electron chi connectivity index (χ1n) is 4.24. The van der Waals surface area contributed by atoms with E-state index in [9.17, 15) is 0 Å². The largest absolute Gasteiger partial charge is 0.870 e. The summed E-state index contributed by atoms with van der Waals surface area (Å²) in [7, 11) is 0. The van der Waals surface area contributed by atoms with E-state index >= 15 is 0 Å². The van der Waals surface area contributed by atoms with Crippen molar-refractivity contribution in [3.05, 3.63) is 0 Å². The first-order valence-corrected chi connectivity index (χ1v) is 4.24. The molecule has 0 amide bonds. The average molecular weight is 248 g/mol. The minimum atomic E-state index is -0.167. The molecule has 0 aromatic rings. The fraction of sp³-hybridized carbons (Fsp3) is 1.00. The molecule has 0 aliphatic carbocycles. The molecule has 0 heterocycles. The summed E-state index contributed by atoms with van der Waals surface area (Å²) in [6.07, 6.45) is -0.500. The Balaban J connectivity index is -0.0000000270. The number of hydrogen-bond donors (Lipinski definition) is 3. The molecule has 14 heavy (non-hydrogen) atoms. The van der Waals surface area contributed by atoms with Crippen LogP contribution in [0.15, 0.2) is 0 Å². The van der Waals surface area contributed by atoms with Crippen LogP contribution in [0.2, 0.25) is 0 Å². The maximum Gasteiger partial charge on any atom is 0.0483 e. The van der Waals surface area contributed by atoms with Crippen LogP contribution in [0.4, 0.5) is 0 Å². The Morgan fingerprint density at radius 3 is 0.571 bits per heavy atom. The third-order valence-corrected chi connectivity index (χ3v) is 0. The van der Waals surface area contributed by atoms with Crippen LogP contribution in [-0.4, -0.2) is 39.1 Å². The predicted molar refractivity (Wildman–Crippen MR) is 54.0 cm³/mol. The molecule has 0 aliphatic heterocycles. The van der Waals surface area contributed by atoms with Gasteiger partial charge in [0, 0.05) is 36.9 Å². The first kappa shape index (κ1) is 29.3. The smallest absolute Gasteiger partial charge is 0.0483 e. The minimum Gasteiger partial charge on any atom is -0.870 e. The maximum atomic E-state index is 8.06. The quantitative estimate of drug-likeness (QED) is 0.596. The normalized spacial score (nSPS) is 7.71. The number of hydrogen-bond acceptors (Lipinski definition) is 4. The van der Waals surface area contributed by atoms with Gasteiger partial charge in [-0.25, -0.2) is 0 Å². The molecule has 0 spiro atoms. The number of rotatable bonds is 0. The second kappa shape index (κ2) is 23.3. The van der Waals surface area contributed by atoms with Gasteiger partial charge >= 0.3 is 0 Å². The molecule has 0 atom stereocenters. The second-order valence-corrected chi connectivity index (χ2v) is 3.28. The van der Waals surface area contributed by atoms with Gasteiger partial charge in [-0.1, -0.05) is 0 Å². The average Bonchev–Trinajstić information content (AvgIpc) is 1.54. The third kappa shape index (κ3) is 9000. The molecule has 0 aromatic carbocycles. The molecule has 4 N–H and O–H groups in total. The van der Waals surface area contributed by atoms with Gasteiger partial charge in [0.25, 0.3) is 0 Å². The Kier molecular flexibility index (Phi) is 48.8. The van der Waals surface area contributed by atoms with Gasteiger partial charge in [0.15, 0.2) is 0 Å². The van der Waals surface area contributed by atoms with Crippen LogP contribution in [-0.2, 0) is 18.6 Å². The van der Waals surface area contributed by atoms with Gasteiger partial charge in [-0.15, -0.1) is 0 Å². The monoisotopic (exact) mass is 248 g/mol. The molecule has 1 radical (unpaired) electrons. The fourth-order valence-electron chi connectivity index (χ4n) is 0. The van der Waals surface area contributed by atoms with Crippen LogP contribution in [0.3, 0.4) is 0 Å². The summed E-state index contributed by atoms with van der Waals surface area (Å²) in [6.45, 7) is 10.3. The minimum absolute atomic E-state index is 0. The van der Waals surface area contributed by atoms with Gasteiger partial charge in [-0.3, -0.25) is 0 Å². The van der Waals surface area contributed by atoms with Crippen molar-refractivity contribution in [2.75, 3.05) is 0 Å². The summed E-state index contributed by atoms with van der Waals surface area (Å²) in [6, 6.07) is 0. The summed E-state index contributed by atoms with van der Waals surface area (Å²) >= 11 is 0. The molecule has 91 valence electrons. The van der Waals surface area contributed by atoms with Gasteiger partial charge in [0.2, 0.25) is 0 Å². The van der Waals surface area contributed by atoms with E-state index in [0.717, 1.165) is 0 Å². The van der Waals surface area contributed by atoms with E-state index in [1.54, 1.807) is 41.5 Å². The Morgan fingerprint density at radius 2 is 0.571 bits per heavy atom. The zero-order valence-corrected chi connectivity index (χ0v) is 11.4. The summed E-state index contributed by atoms with van der Waals surface area (Å²) in [5.41, 5.74) is 0. The van der Waals surface area contributed by atoms with Gasteiger partial charge in [0.1, 0.15) is 0 Å². The molecule has 0 bridgehead atoms. The summed E-state index contributed by atoms with van der Waals surface area (Å²) in [5.74, 6) is 0. The summed E-state index contributed by atoms with van der Waals surface area (Å²) in [5, 5.41) is 24.2. The van der Waals surface area contributed by atoms with Gasteiger partial charge in [0.05, 0.1) is 0 Å². The van der Waals surface area contributed by atoms with Crippen molar-refractivity contribution < 1.29 is 39.4 Å². The molecule has 0 fully saturated rings. The van der Waals surface area contributed by atoms with Crippen molar-refractivity contribution in [3.8, 4) is 0 Å². The van der Waals surface area contributed by atoms with Crippen LogP contribution in [0, 0.1) is 0 Å². The summed E-state index contributed by atoms with van der Waals surface area (Å²) < 4.78 is 0. The molecular weight excluding hydrogens is 223 g/mol. The van der Waals surface area contributed by atoms with E-state index in [0.29, 0.717) is 0 Å². The molecule has 0 aliphatic rings. The van der Waals surface area contributed by atoms with Crippen molar-refractivity contribution >= 4 is 0 Å². The van der Waals surface area contributed by atoms with Gasteiger partial charge < -0.3 is 20.8 Å². The molecular formula is C9H25O4V-. The van der Waals surface area contributed by atoms with E-state index in [2.05, 4.69) is 0 Å². The van der Waals surface area contributed by atoms with E-state index in [4.69, 9.17) is 15.3 Å². The van der Waals surface area contributed by atoms with E-state index in [1.165, 1.54) is 0 Å². The standard InChI is InChI=1S/3C3H8O.H2O.V/c3*1-3(2)4;;/h3*3-4H,1-2H3;1H2;/p-1. The zero-order valence-electron chi connectivity index (χ0n) is 9.97. The molecule has 0 unspecified atom stereocenters. The van der Waals surface area contributed by atoms with Gasteiger partial charge in [-0.2, -0.15) is 0 Å². The topological polar surface area (TPSA) is 90.7 Å². The third-order valence-electron chi connectivity index (χ3n) is 0. The maximum absolute atomic E-state index is 8.06. The summed E-state index contributed by atoms with van der Waals surface area (Å²) in [4.78, 5) is 0. The van der Waals surface area contributed by atoms with Crippen LogP contribution in [0.25, 0.3) is 0 Å². The molecule has 0 saturated heterocycles.